The molecule has 0 spiro atoms. The fourth-order valence-electron chi connectivity index (χ4n) is 3.60. The average molecular weight is 367 g/mol. The van der Waals surface area contributed by atoms with E-state index in [0.29, 0.717) is 11.5 Å². The molecular formula is C20H25N5O2. The smallest absolute Gasteiger partial charge is 0.272 e. The molecule has 2 aliphatic rings. The lowest BCUT2D eigenvalue weighted by Gasteiger charge is -2.30. The van der Waals surface area contributed by atoms with Gasteiger partial charge in [-0.2, -0.15) is 0 Å². The Kier molecular flexibility index (Phi) is 5.48. The van der Waals surface area contributed by atoms with Gasteiger partial charge in [-0.05, 0) is 31.4 Å². The number of carbonyl (C=O) groups excluding carboxylic acids is 1. The molecule has 2 fully saturated rings. The molecule has 0 atom stereocenters. The highest BCUT2D eigenvalue weighted by Gasteiger charge is 2.20. The highest BCUT2D eigenvalue weighted by Crippen LogP contribution is 2.28. The third-order valence-electron chi connectivity index (χ3n) is 5.05. The van der Waals surface area contributed by atoms with Crippen LogP contribution in [0.5, 0.6) is 0 Å². The third-order valence-corrected chi connectivity index (χ3v) is 5.05. The number of nitrogens with one attached hydrogen (secondary N) is 1. The molecule has 27 heavy (non-hydrogen) atoms. The molecule has 2 aromatic rings. The summed E-state index contributed by atoms with van der Waals surface area (Å²) in [5.41, 5.74) is 2.52. The Balaban J connectivity index is 1.52. The Morgan fingerprint density at radius 3 is 2.59 bits per heavy atom. The topological polar surface area (TPSA) is 70.6 Å². The van der Waals surface area contributed by atoms with Gasteiger partial charge in [0.2, 0.25) is 0 Å². The summed E-state index contributed by atoms with van der Waals surface area (Å²) < 4.78 is 5.45. The Morgan fingerprint density at radius 1 is 1.00 bits per heavy atom. The van der Waals surface area contributed by atoms with Crippen molar-refractivity contribution in [1.82, 2.24) is 14.9 Å². The second kappa shape index (κ2) is 8.35. The van der Waals surface area contributed by atoms with Crippen molar-refractivity contribution >= 4 is 23.1 Å². The lowest BCUT2D eigenvalue weighted by atomic mass is 10.1. The first kappa shape index (κ1) is 17.7. The fraction of sp³-hybridized carbons (Fsp3) is 0.450. The van der Waals surface area contributed by atoms with Crippen molar-refractivity contribution in [3.63, 3.8) is 0 Å². The number of anilines is 3. The van der Waals surface area contributed by atoms with Crippen LogP contribution in [0.4, 0.5) is 17.2 Å². The van der Waals surface area contributed by atoms with Crippen molar-refractivity contribution in [2.24, 2.45) is 0 Å². The summed E-state index contributed by atoms with van der Waals surface area (Å²) in [5.74, 6) is 0.618. The Hall–Kier alpha value is -2.67. The molecule has 7 nitrogen and oxygen atoms in total. The standard InChI is InChI=1S/C20H25N5O2/c26-20(25-8-4-1-5-9-25)17-14-19(22-15-21-17)23-16-6-2-3-7-18(16)24-10-12-27-13-11-24/h2-3,6-7,14-15H,1,4-5,8-13H2,(H,21,22,23). The number of morpholine rings is 1. The number of aromatic nitrogens is 2. The maximum absolute atomic E-state index is 12.7. The van der Waals surface area contributed by atoms with Gasteiger partial charge in [0, 0.05) is 32.2 Å². The summed E-state index contributed by atoms with van der Waals surface area (Å²) in [4.78, 5) is 25.4. The lowest BCUT2D eigenvalue weighted by Crippen LogP contribution is -2.36. The number of rotatable bonds is 4. The van der Waals surface area contributed by atoms with Crippen LogP contribution in [-0.4, -0.2) is 60.2 Å². The van der Waals surface area contributed by atoms with E-state index in [1.54, 1.807) is 6.07 Å². The number of hydrogen-bond acceptors (Lipinski definition) is 6. The number of amides is 1. The fourth-order valence-corrected chi connectivity index (χ4v) is 3.60. The number of carbonyl (C=O) groups is 1. The molecule has 2 saturated heterocycles. The molecule has 1 aromatic heterocycles. The van der Waals surface area contributed by atoms with Gasteiger partial charge >= 0.3 is 0 Å². The van der Waals surface area contributed by atoms with Crippen molar-refractivity contribution in [3.8, 4) is 0 Å². The minimum absolute atomic E-state index is 0.0124. The van der Waals surface area contributed by atoms with Crippen LogP contribution < -0.4 is 10.2 Å². The van der Waals surface area contributed by atoms with Gasteiger partial charge in [-0.3, -0.25) is 4.79 Å². The van der Waals surface area contributed by atoms with Crippen LogP contribution in [0.3, 0.4) is 0 Å². The zero-order chi connectivity index (χ0) is 18.5. The van der Waals surface area contributed by atoms with E-state index in [1.165, 1.54) is 12.7 Å². The van der Waals surface area contributed by atoms with Gasteiger partial charge in [0.05, 0.1) is 24.6 Å². The molecule has 2 aliphatic heterocycles. The summed E-state index contributed by atoms with van der Waals surface area (Å²) in [6.45, 7) is 4.81. The van der Waals surface area contributed by atoms with Gasteiger partial charge in [-0.25, -0.2) is 9.97 Å². The van der Waals surface area contributed by atoms with Crippen LogP contribution in [0.1, 0.15) is 29.8 Å². The molecular weight excluding hydrogens is 342 g/mol. The van der Waals surface area contributed by atoms with Crippen LogP contribution in [0.15, 0.2) is 36.7 Å². The quantitative estimate of drug-likeness (QED) is 0.896. The largest absolute Gasteiger partial charge is 0.378 e. The van der Waals surface area contributed by atoms with E-state index in [4.69, 9.17) is 4.74 Å². The van der Waals surface area contributed by atoms with Crippen LogP contribution in [0.25, 0.3) is 0 Å². The molecule has 0 radical (unpaired) electrons. The maximum Gasteiger partial charge on any atom is 0.272 e. The van der Waals surface area contributed by atoms with Crippen molar-refractivity contribution < 1.29 is 9.53 Å². The first-order chi connectivity index (χ1) is 13.3. The predicted octanol–water partition coefficient (Wildman–Crippen LogP) is 2.68. The van der Waals surface area contributed by atoms with Crippen molar-refractivity contribution in [3.05, 3.63) is 42.4 Å². The summed E-state index contributed by atoms with van der Waals surface area (Å²) >= 11 is 0. The predicted molar refractivity (Wildman–Crippen MR) is 105 cm³/mol. The number of likely N-dealkylation sites (tertiary alicyclic amines) is 1. The third kappa shape index (κ3) is 4.19. The summed E-state index contributed by atoms with van der Waals surface area (Å²) in [6.07, 6.45) is 4.78. The molecule has 0 aliphatic carbocycles. The summed E-state index contributed by atoms with van der Waals surface area (Å²) in [7, 11) is 0. The number of nitrogens with zero attached hydrogens (tertiary/aromatic N) is 4. The maximum atomic E-state index is 12.7. The van der Waals surface area contributed by atoms with E-state index in [0.717, 1.165) is 63.6 Å². The SMILES string of the molecule is O=C(c1cc(Nc2ccccc2N2CCOCC2)ncn1)N1CCCCC1. The van der Waals surface area contributed by atoms with Gasteiger partial charge in [0.15, 0.2) is 0 Å². The molecule has 1 aromatic carbocycles. The summed E-state index contributed by atoms with van der Waals surface area (Å²) in [6, 6.07) is 9.88. The van der Waals surface area contributed by atoms with Crippen molar-refractivity contribution in [2.75, 3.05) is 49.6 Å². The van der Waals surface area contributed by atoms with Crippen LogP contribution in [0, 0.1) is 0 Å². The molecule has 0 saturated carbocycles. The van der Waals surface area contributed by atoms with Crippen LogP contribution in [-0.2, 0) is 4.74 Å². The lowest BCUT2D eigenvalue weighted by molar-refractivity contribution is 0.0718. The molecule has 1 N–H and O–H groups in total. The zero-order valence-corrected chi connectivity index (χ0v) is 15.4. The average Bonchev–Trinajstić information content (AvgIpc) is 2.75. The van der Waals surface area contributed by atoms with Crippen molar-refractivity contribution in [2.45, 2.75) is 19.3 Å². The van der Waals surface area contributed by atoms with E-state index in [1.807, 2.05) is 23.1 Å². The van der Waals surface area contributed by atoms with Gasteiger partial charge in [-0.1, -0.05) is 12.1 Å². The first-order valence-corrected chi connectivity index (χ1v) is 9.61. The molecule has 0 unspecified atom stereocenters. The number of hydrogen-bond donors (Lipinski definition) is 1. The zero-order valence-electron chi connectivity index (χ0n) is 15.4. The van der Waals surface area contributed by atoms with E-state index < -0.39 is 0 Å². The van der Waals surface area contributed by atoms with Gasteiger partial charge < -0.3 is 19.9 Å². The summed E-state index contributed by atoms with van der Waals surface area (Å²) in [5, 5.41) is 3.36. The molecule has 4 rings (SSSR count). The van der Waals surface area contributed by atoms with E-state index >= 15 is 0 Å². The second-order valence-electron chi connectivity index (χ2n) is 6.88. The number of para-hydroxylation sites is 2. The van der Waals surface area contributed by atoms with E-state index in [9.17, 15) is 4.79 Å². The van der Waals surface area contributed by atoms with Gasteiger partial charge in [0.25, 0.3) is 5.91 Å². The highest BCUT2D eigenvalue weighted by molar-refractivity contribution is 5.93. The monoisotopic (exact) mass is 367 g/mol. The van der Waals surface area contributed by atoms with E-state index in [-0.39, 0.29) is 5.91 Å². The van der Waals surface area contributed by atoms with Crippen molar-refractivity contribution in [1.29, 1.82) is 0 Å². The van der Waals surface area contributed by atoms with Gasteiger partial charge in [-0.15, -0.1) is 0 Å². The molecule has 7 heteroatoms. The van der Waals surface area contributed by atoms with Gasteiger partial charge in [0.1, 0.15) is 17.8 Å². The second-order valence-corrected chi connectivity index (χ2v) is 6.88. The highest BCUT2D eigenvalue weighted by atomic mass is 16.5. The van der Waals surface area contributed by atoms with E-state index in [2.05, 4.69) is 26.3 Å². The van der Waals surface area contributed by atoms with Crippen LogP contribution >= 0.6 is 0 Å². The Labute approximate surface area is 159 Å². The minimum Gasteiger partial charge on any atom is -0.378 e. The number of piperidine rings is 1. The Morgan fingerprint density at radius 2 is 1.78 bits per heavy atom. The first-order valence-electron chi connectivity index (χ1n) is 9.61. The molecule has 1 amide bonds. The molecule has 142 valence electrons. The molecule has 0 bridgehead atoms. The Bertz CT molecular complexity index is 785. The number of ether oxygens (including phenoxy) is 1. The van der Waals surface area contributed by atoms with Crippen LogP contribution in [0.2, 0.25) is 0 Å². The number of benzene rings is 1. The normalized spacial score (nSPS) is 17.6. The minimum atomic E-state index is -0.0124. The molecule has 3 heterocycles.